The minimum Gasteiger partial charge on any atom is -0.385 e. The minimum absolute atomic E-state index is 0.589. The van der Waals surface area contributed by atoms with Gasteiger partial charge in [0.2, 0.25) is 0 Å². The van der Waals surface area contributed by atoms with Gasteiger partial charge in [0.1, 0.15) is 11.9 Å². The van der Waals surface area contributed by atoms with Gasteiger partial charge in [0, 0.05) is 12.0 Å². The van der Waals surface area contributed by atoms with Crippen LogP contribution >= 0.6 is 0 Å². The highest BCUT2D eigenvalue weighted by atomic mass is 15.1. The Morgan fingerprint density at radius 1 is 1.08 bits per heavy atom. The Balaban J connectivity index is 2.07. The van der Waals surface area contributed by atoms with Crippen LogP contribution in [0.1, 0.15) is 22.3 Å². The fourth-order valence-electron chi connectivity index (χ4n) is 3.24. The summed E-state index contributed by atoms with van der Waals surface area (Å²) in [5, 5.41) is 9.68. The van der Waals surface area contributed by atoms with Gasteiger partial charge in [-0.05, 0) is 30.2 Å². The zero-order valence-corrected chi connectivity index (χ0v) is 13.3. The highest BCUT2D eigenvalue weighted by molar-refractivity contribution is 5.85. The Morgan fingerprint density at radius 3 is 2.54 bits per heavy atom. The average Bonchev–Trinajstić information content (AvgIpc) is 2.99. The van der Waals surface area contributed by atoms with E-state index in [-0.39, 0.29) is 0 Å². The number of imidazole rings is 1. The number of nitrogens with zero attached hydrogens (tertiary/aromatic N) is 3. The van der Waals surface area contributed by atoms with Crippen molar-refractivity contribution in [3.63, 3.8) is 0 Å². The predicted molar refractivity (Wildman–Crippen MR) is 95.8 cm³/mol. The number of rotatable bonds is 2. The van der Waals surface area contributed by atoms with Crippen molar-refractivity contribution < 1.29 is 0 Å². The van der Waals surface area contributed by atoms with Gasteiger partial charge in [-0.25, -0.2) is 4.98 Å². The van der Waals surface area contributed by atoms with Crippen molar-refractivity contribution >= 4 is 22.5 Å². The first-order valence-electron chi connectivity index (χ1n) is 7.83. The van der Waals surface area contributed by atoms with Gasteiger partial charge in [0.15, 0.2) is 5.65 Å². The van der Waals surface area contributed by atoms with Crippen LogP contribution in [-0.4, -0.2) is 9.38 Å². The Morgan fingerprint density at radius 2 is 1.79 bits per heavy atom. The first kappa shape index (κ1) is 14.3. The lowest BCUT2D eigenvalue weighted by Crippen LogP contribution is -2.08. The first-order chi connectivity index (χ1) is 11.7. The third kappa shape index (κ3) is 2.03. The molecule has 0 aliphatic heterocycles. The van der Waals surface area contributed by atoms with Crippen LogP contribution in [0.25, 0.3) is 16.7 Å². The largest absolute Gasteiger partial charge is 0.385 e. The van der Waals surface area contributed by atoms with E-state index in [0.717, 1.165) is 22.2 Å². The monoisotopic (exact) mass is 312 g/mol. The molecule has 4 heteroatoms. The smallest absolute Gasteiger partial charge is 0.157 e. The molecule has 0 saturated carbocycles. The van der Waals surface area contributed by atoms with E-state index in [2.05, 4.69) is 23.2 Å². The van der Waals surface area contributed by atoms with Crippen molar-refractivity contribution in [2.24, 2.45) is 0 Å². The number of para-hydroxylation sites is 2. The number of hydrogen-bond donors (Lipinski definition) is 1. The van der Waals surface area contributed by atoms with Crippen LogP contribution in [0.5, 0.6) is 0 Å². The first-order valence-corrected chi connectivity index (χ1v) is 7.83. The highest BCUT2D eigenvalue weighted by Crippen LogP contribution is 2.30. The van der Waals surface area contributed by atoms with E-state index in [9.17, 15) is 5.26 Å². The van der Waals surface area contributed by atoms with E-state index in [1.165, 1.54) is 5.56 Å². The molecule has 0 aliphatic carbocycles. The molecular weight excluding hydrogens is 296 g/mol. The van der Waals surface area contributed by atoms with Crippen LogP contribution in [0, 0.1) is 18.3 Å². The molecule has 2 aromatic carbocycles. The van der Waals surface area contributed by atoms with Crippen LogP contribution in [0.3, 0.4) is 0 Å². The Bertz CT molecular complexity index is 1100. The molecular formula is C20H16N4. The molecule has 0 unspecified atom stereocenters. The van der Waals surface area contributed by atoms with E-state index in [1.54, 1.807) is 0 Å². The number of hydrogen-bond acceptors (Lipinski definition) is 3. The number of fused-ring (bicyclic) bond motifs is 3. The molecule has 2 N–H and O–H groups in total. The number of benzene rings is 2. The van der Waals surface area contributed by atoms with Crippen LogP contribution in [0.4, 0.5) is 5.82 Å². The van der Waals surface area contributed by atoms with Gasteiger partial charge in [-0.3, -0.25) is 4.40 Å². The van der Waals surface area contributed by atoms with E-state index < -0.39 is 0 Å². The van der Waals surface area contributed by atoms with Crippen molar-refractivity contribution in [2.45, 2.75) is 13.3 Å². The zero-order valence-electron chi connectivity index (χ0n) is 13.3. The van der Waals surface area contributed by atoms with Crippen LogP contribution in [0.2, 0.25) is 0 Å². The number of anilines is 1. The van der Waals surface area contributed by atoms with Gasteiger partial charge < -0.3 is 5.73 Å². The van der Waals surface area contributed by atoms with Gasteiger partial charge in [-0.1, -0.05) is 42.5 Å². The molecule has 116 valence electrons. The van der Waals surface area contributed by atoms with Crippen molar-refractivity contribution in [1.82, 2.24) is 9.38 Å². The minimum atomic E-state index is 0.589. The molecule has 0 amide bonds. The maximum atomic E-state index is 9.68. The molecule has 2 heterocycles. The standard InChI is InChI=1S/C20H16N4/c1-13-15(11-14-7-3-2-4-8-14)19(22)24-18-10-6-5-9-17(18)23-20(24)16(13)12-21/h2-10H,11,22H2,1H3. The summed E-state index contributed by atoms with van der Waals surface area (Å²) in [6.45, 7) is 1.95. The fraction of sp³-hybridized carbons (Fsp3) is 0.100. The number of nitriles is 1. The summed E-state index contributed by atoms with van der Waals surface area (Å²) in [6, 6.07) is 20.3. The summed E-state index contributed by atoms with van der Waals surface area (Å²) >= 11 is 0. The zero-order chi connectivity index (χ0) is 16.7. The lowest BCUT2D eigenvalue weighted by Gasteiger charge is -2.14. The maximum absolute atomic E-state index is 9.68. The van der Waals surface area contributed by atoms with E-state index in [1.807, 2.05) is 53.8 Å². The van der Waals surface area contributed by atoms with Crippen molar-refractivity contribution in [3.8, 4) is 6.07 Å². The molecule has 0 atom stereocenters. The van der Waals surface area contributed by atoms with Crippen molar-refractivity contribution in [3.05, 3.63) is 76.9 Å². The van der Waals surface area contributed by atoms with Gasteiger partial charge in [0.25, 0.3) is 0 Å². The normalized spacial score (nSPS) is 11.0. The molecule has 2 aromatic heterocycles. The Hall–Kier alpha value is -3.32. The quantitative estimate of drug-likeness (QED) is 0.611. The summed E-state index contributed by atoms with van der Waals surface area (Å²) in [4.78, 5) is 4.62. The van der Waals surface area contributed by atoms with Crippen LogP contribution in [-0.2, 0) is 6.42 Å². The topological polar surface area (TPSA) is 67.1 Å². The molecule has 0 radical (unpaired) electrons. The van der Waals surface area contributed by atoms with Crippen LogP contribution in [0.15, 0.2) is 54.6 Å². The second kappa shape index (κ2) is 5.39. The molecule has 0 fully saturated rings. The van der Waals surface area contributed by atoms with E-state index in [0.29, 0.717) is 23.4 Å². The van der Waals surface area contributed by atoms with Gasteiger partial charge in [-0.2, -0.15) is 5.26 Å². The lowest BCUT2D eigenvalue weighted by atomic mass is 9.98. The molecule has 4 rings (SSSR count). The second-order valence-electron chi connectivity index (χ2n) is 5.90. The molecule has 0 aliphatic rings. The molecule has 0 bridgehead atoms. The molecule has 0 saturated heterocycles. The average molecular weight is 312 g/mol. The summed E-state index contributed by atoms with van der Waals surface area (Å²) in [7, 11) is 0. The van der Waals surface area contributed by atoms with Crippen molar-refractivity contribution in [2.75, 3.05) is 5.73 Å². The second-order valence-corrected chi connectivity index (χ2v) is 5.90. The van der Waals surface area contributed by atoms with Crippen molar-refractivity contribution in [1.29, 1.82) is 5.26 Å². The maximum Gasteiger partial charge on any atom is 0.157 e. The fourth-order valence-corrected chi connectivity index (χ4v) is 3.24. The highest BCUT2D eigenvalue weighted by Gasteiger charge is 2.19. The number of aromatic nitrogens is 2. The third-order valence-electron chi connectivity index (χ3n) is 4.50. The summed E-state index contributed by atoms with van der Waals surface area (Å²) in [5.74, 6) is 0.652. The van der Waals surface area contributed by atoms with Crippen LogP contribution < -0.4 is 5.73 Å². The van der Waals surface area contributed by atoms with E-state index >= 15 is 0 Å². The SMILES string of the molecule is Cc1c(Cc2ccccc2)c(N)n2c(nc3ccccc32)c1C#N. The number of nitrogens with two attached hydrogens (primary N) is 1. The van der Waals surface area contributed by atoms with Gasteiger partial charge in [0.05, 0.1) is 16.6 Å². The Kier molecular flexibility index (Phi) is 3.21. The third-order valence-corrected chi connectivity index (χ3v) is 4.50. The van der Waals surface area contributed by atoms with E-state index in [4.69, 9.17) is 5.73 Å². The van der Waals surface area contributed by atoms with Gasteiger partial charge >= 0.3 is 0 Å². The number of nitrogen functional groups attached to an aromatic ring is 1. The lowest BCUT2D eigenvalue weighted by molar-refractivity contribution is 1.09. The number of pyridine rings is 1. The summed E-state index contributed by atoms with van der Waals surface area (Å²) in [6.07, 6.45) is 0.690. The molecule has 4 aromatic rings. The summed E-state index contributed by atoms with van der Waals surface area (Å²) < 4.78 is 1.90. The van der Waals surface area contributed by atoms with Gasteiger partial charge in [-0.15, -0.1) is 0 Å². The molecule has 24 heavy (non-hydrogen) atoms. The predicted octanol–water partition coefficient (Wildman–Crippen LogP) is 3.84. The Labute approximate surface area is 139 Å². The molecule has 4 nitrogen and oxygen atoms in total. The molecule has 0 spiro atoms. The summed E-state index contributed by atoms with van der Waals surface area (Å²) in [5.41, 5.74) is 12.6.